The predicted octanol–water partition coefficient (Wildman–Crippen LogP) is -0.909. The van der Waals surface area contributed by atoms with Gasteiger partial charge in [0.05, 0.1) is 6.61 Å². The number of aliphatic hydroxyl groups excluding tert-OH is 3. The van der Waals surface area contributed by atoms with Crippen molar-refractivity contribution < 1.29 is 15.3 Å². The first kappa shape index (κ1) is 8.62. The molecule has 1 radical (unpaired) electrons. The lowest BCUT2D eigenvalue weighted by Crippen LogP contribution is -2.27. The minimum atomic E-state index is -1.09. The van der Waals surface area contributed by atoms with Crippen LogP contribution in [0.3, 0.4) is 0 Å². The largest absolute Gasteiger partial charge is 0.394 e. The van der Waals surface area contributed by atoms with Gasteiger partial charge in [-0.25, -0.2) is 0 Å². The van der Waals surface area contributed by atoms with Crippen LogP contribution in [-0.2, 0) is 0 Å². The van der Waals surface area contributed by atoms with Gasteiger partial charge in [0.25, 0.3) is 0 Å². The van der Waals surface area contributed by atoms with Gasteiger partial charge < -0.3 is 15.3 Å². The van der Waals surface area contributed by atoms with Crippen LogP contribution in [0.2, 0.25) is 0 Å². The fourth-order valence-electron chi connectivity index (χ4n) is 0.376. The minimum Gasteiger partial charge on any atom is -0.394 e. The number of rotatable bonds is 3. The zero-order valence-electron chi connectivity index (χ0n) is 5.07. The molecule has 0 amide bonds. The molecule has 0 saturated carbocycles. The van der Waals surface area contributed by atoms with E-state index in [9.17, 15) is 0 Å². The molecule has 3 N–H and O–H groups in total. The second-order valence-corrected chi connectivity index (χ2v) is 1.67. The Kier molecular flexibility index (Phi) is 4.30. The van der Waals surface area contributed by atoms with E-state index in [1.165, 1.54) is 12.2 Å². The molecule has 3 nitrogen and oxygen atoms in total. The van der Waals surface area contributed by atoms with Crippen molar-refractivity contribution in [2.75, 3.05) is 6.61 Å². The molecule has 0 spiro atoms. The highest BCUT2D eigenvalue weighted by molar-refractivity contribution is 4.93. The molecule has 3 heteroatoms. The molecule has 0 aromatic carbocycles. The number of allylic oxidation sites excluding steroid dienone is 1. The molecule has 0 aromatic rings. The average molecular weight is 131 g/mol. The van der Waals surface area contributed by atoms with Crippen LogP contribution in [0.1, 0.15) is 0 Å². The third-order valence-corrected chi connectivity index (χ3v) is 0.915. The summed E-state index contributed by atoms with van der Waals surface area (Å²) >= 11 is 0. The highest BCUT2D eigenvalue weighted by Gasteiger charge is 2.09. The number of aliphatic hydroxyl groups is 3. The Morgan fingerprint density at radius 2 is 2.00 bits per heavy atom. The summed E-state index contributed by atoms with van der Waals surface area (Å²) in [6, 6.07) is 0. The summed E-state index contributed by atoms with van der Waals surface area (Å²) in [5.41, 5.74) is 0. The van der Waals surface area contributed by atoms with Gasteiger partial charge in [-0.15, -0.1) is 0 Å². The maximum absolute atomic E-state index is 8.78. The third kappa shape index (κ3) is 3.24. The van der Waals surface area contributed by atoms with Gasteiger partial charge in [-0.3, -0.25) is 0 Å². The Balaban J connectivity index is 3.58. The van der Waals surface area contributed by atoms with Gasteiger partial charge in [-0.1, -0.05) is 12.2 Å². The maximum atomic E-state index is 8.78. The Morgan fingerprint density at radius 1 is 1.44 bits per heavy atom. The molecule has 2 atom stereocenters. The molecule has 9 heavy (non-hydrogen) atoms. The molecule has 0 fully saturated rings. The van der Waals surface area contributed by atoms with Crippen LogP contribution >= 0.6 is 0 Å². The second kappa shape index (κ2) is 4.49. The van der Waals surface area contributed by atoms with E-state index in [1.54, 1.807) is 0 Å². The van der Waals surface area contributed by atoms with Gasteiger partial charge in [-0.05, 0) is 6.92 Å². The Hall–Kier alpha value is -0.380. The monoisotopic (exact) mass is 131 g/mol. The van der Waals surface area contributed by atoms with Gasteiger partial charge in [0.2, 0.25) is 0 Å². The van der Waals surface area contributed by atoms with Crippen molar-refractivity contribution >= 4 is 0 Å². The molecule has 0 saturated heterocycles. The van der Waals surface area contributed by atoms with Crippen molar-refractivity contribution in [3.8, 4) is 0 Å². The van der Waals surface area contributed by atoms with Gasteiger partial charge in [0, 0.05) is 0 Å². The quantitative estimate of drug-likeness (QED) is 0.464. The molecule has 0 aromatic heterocycles. The topological polar surface area (TPSA) is 60.7 Å². The van der Waals surface area contributed by atoms with Crippen LogP contribution in [0.4, 0.5) is 0 Å². The van der Waals surface area contributed by atoms with Crippen molar-refractivity contribution in [1.29, 1.82) is 0 Å². The molecule has 0 rings (SSSR count). The van der Waals surface area contributed by atoms with E-state index in [1.807, 2.05) is 0 Å². The van der Waals surface area contributed by atoms with Crippen molar-refractivity contribution in [2.24, 2.45) is 0 Å². The van der Waals surface area contributed by atoms with Crippen LogP contribution in [-0.4, -0.2) is 34.1 Å². The molecular formula is C6H11O3. The first-order valence-electron chi connectivity index (χ1n) is 2.65. The summed E-state index contributed by atoms with van der Waals surface area (Å²) in [4.78, 5) is 0. The standard InChI is InChI=1S/C6H11O3/c1-2-3-5(8)6(9)4-7/h2-3,5-9H,1,4H2. The Morgan fingerprint density at radius 3 is 2.33 bits per heavy atom. The van der Waals surface area contributed by atoms with E-state index in [0.29, 0.717) is 0 Å². The fourth-order valence-corrected chi connectivity index (χ4v) is 0.376. The lowest BCUT2D eigenvalue weighted by molar-refractivity contribution is 0.00948. The normalized spacial score (nSPS) is 18.2. The first-order valence-corrected chi connectivity index (χ1v) is 2.65. The first-order chi connectivity index (χ1) is 4.22. The van der Waals surface area contributed by atoms with Crippen LogP contribution < -0.4 is 0 Å². The van der Waals surface area contributed by atoms with Crippen molar-refractivity contribution in [2.45, 2.75) is 12.2 Å². The highest BCUT2D eigenvalue weighted by atomic mass is 16.4. The summed E-state index contributed by atoms with van der Waals surface area (Å²) in [6.07, 6.45) is 0.570. The molecular weight excluding hydrogens is 120 g/mol. The van der Waals surface area contributed by atoms with Crippen molar-refractivity contribution in [1.82, 2.24) is 0 Å². The summed E-state index contributed by atoms with van der Waals surface area (Å²) in [5.74, 6) is 0. The van der Waals surface area contributed by atoms with E-state index >= 15 is 0 Å². The smallest absolute Gasteiger partial charge is 0.106 e. The van der Waals surface area contributed by atoms with Crippen molar-refractivity contribution in [3.05, 3.63) is 19.1 Å². The molecule has 0 aliphatic heterocycles. The third-order valence-electron chi connectivity index (χ3n) is 0.915. The SMILES string of the molecule is [CH2]C=CC(O)C(O)CO. The van der Waals surface area contributed by atoms with E-state index in [4.69, 9.17) is 15.3 Å². The second-order valence-electron chi connectivity index (χ2n) is 1.67. The summed E-state index contributed by atoms with van der Waals surface area (Å²) in [6.45, 7) is 2.87. The van der Waals surface area contributed by atoms with E-state index in [2.05, 4.69) is 6.92 Å². The molecule has 2 unspecified atom stereocenters. The summed E-state index contributed by atoms with van der Waals surface area (Å²) in [7, 11) is 0. The van der Waals surface area contributed by atoms with Crippen LogP contribution in [0.25, 0.3) is 0 Å². The van der Waals surface area contributed by atoms with E-state index < -0.39 is 18.8 Å². The molecule has 0 bridgehead atoms. The lowest BCUT2D eigenvalue weighted by atomic mass is 10.2. The fraction of sp³-hybridized carbons (Fsp3) is 0.500. The highest BCUT2D eigenvalue weighted by Crippen LogP contribution is 1.92. The maximum Gasteiger partial charge on any atom is 0.106 e. The van der Waals surface area contributed by atoms with Gasteiger partial charge in [0.1, 0.15) is 12.2 Å². The van der Waals surface area contributed by atoms with Gasteiger partial charge in [-0.2, -0.15) is 0 Å². The zero-order chi connectivity index (χ0) is 7.28. The lowest BCUT2D eigenvalue weighted by Gasteiger charge is -2.09. The van der Waals surface area contributed by atoms with Crippen LogP contribution in [0.5, 0.6) is 0 Å². The average Bonchev–Trinajstić information content (AvgIpc) is 1.87. The van der Waals surface area contributed by atoms with E-state index in [0.717, 1.165) is 0 Å². The zero-order valence-corrected chi connectivity index (χ0v) is 5.07. The van der Waals surface area contributed by atoms with Gasteiger partial charge >= 0.3 is 0 Å². The Bertz CT molecular complexity index is 90.3. The molecule has 0 aliphatic rings. The molecule has 0 aliphatic carbocycles. The predicted molar refractivity (Wildman–Crippen MR) is 33.6 cm³/mol. The molecule has 53 valence electrons. The minimum absolute atomic E-state index is 0.439. The summed E-state index contributed by atoms with van der Waals surface area (Å²) < 4.78 is 0. The summed E-state index contributed by atoms with van der Waals surface area (Å²) in [5, 5.41) is 25.7. The van der Waals surface area contributed by atoms with Crippen LogP contribution in [0.15, 0.2) is 12.2 Å². The molecule has 0 heterocycles. The number of hydrogen-bond donors (Lipinski definition) is 3. The number of hydrogen-bond acceptors (Lipinski definition) is 3. The Labute approximate surface area is 54.3 Å². The van der Waals surface area contributed by atoms with Gasteiger partial charge in [0.15, 0.2) is 0 Å². The van der Waals surface area contributed by atoms with Crippen LogP contribution in [0, 0.1) is 6.92 Å². The van der Waals surface area contributed by atoms with E-state index in [-0.39, 0.29) is 0 Å². The van der Waals surface area contributed by atoms with Crippen molar-refractivity contribution in [3.63, 3.8) is 0 Å².